The van der Waals surface area contributed by atoms with Gasteiger partial charge in [0.05, 0.1) is 24.7 Å². The molecule has 1 aromatic carbocycles. The van der Waals surface area contributed by atoms with Crippen LogP contribution < -0.4 is 10.1 Å². The highest BCUT2D eigenvalue weighted by molar-refractivity contribution is 7.91. The second-order valence-corrected chi connectivity index (χ2v) is 7.60. The minimum atomic E-state index is -3.21. The molecule has 1 atom stereocenters. The standard InChI is InChI=1S/C13H18FNO3S/c1-13(2)8-19(16,17)7-10(15-13)12-9(14)5-4-6-11(12)18-3/h4-6,10,15H,7-8H2,1-3H3. The van der Waals surface area contributed by atoms with Gasteiger partial charge in [-0.1, -0.05) is 6.07 Å². The molecule has 1 fully saturated rings. The average Bonchev–Trinajstić information content (AvgIpc) is 2.24. The van der Waals surface area contributed by atoms with Crippen molar-refractivity contribution in [2.24, 2.45) is 0 Å². The van der Waals surface area contributed by atoms with Crippen LogP contribution in [0.3, 0.4) is 0 Å². The molecule has 1 unspecified atom stereocenters. The molecule has 0 aromatic heterocycles. The molecule has 1 aliphatic rings. The number of nitrogens with one attached hydrogen (secondary N) is 1. The summed E-state index contributed by atoms with van der Waals surface area (Å²) in [7, 11) is -1.77. The highest BCUT2D eigenvalue weighted by Crippen LogP contribution is 2.33. The van der Waals surface area contributed by atoms with Crippen LogP contribution in [-0.4, -0.2) is 32.6 Å². The van der Waals surface area contributed by atoms with E-state index in [1.807, 2.05) is 0 Å². The second kappa shape index (κ2) is 4.76. The number of hydrogen-bond donors (Lipinski definition) is 1. The Kier molecular flexibility index (Phi) is 3.57. The first kappa shape index (κ1) is 14.3. The van der Waals surface area contributed by atoms with E-state index >= 15 is 0 Å². The molecule has 1 heterocycles. The molecule has 0 aliphatic carbocycles. The molecule has 106 valence electrons. The zero-order chi connectivity index (χ0) is 14.3. The lowest BCUT2D eigenvalue weighted by Crippen LogP contribution is -2.54. The van der Waals surface area contributed by atoms with Gasteiger partial charge in [0.15, 0.2) is 9.84 Å². The van der Waals surface area contributed by atoms with Gasteiger partial charge in [0, 0.05) is 11.1 Å². The molecular formula is C13H18FNO3S. The topological polar surface area (TPSA) is 55.4 Å². The Morgan fingerprint density at radius 1 is 1.42 bits per heavy atom. The van der Waals surface area contributed by atoms with Crippen molar-refractivity contribution < 1.29 is 17.5 Å². The van der Waals surface area contributed by atoms with Gasteiger partial charge in [0.2, 0.25) is 0 Å². The van der Waals surface area contributed by atoms with Gasteiger partial charge < -0.3 is 10.1 Å². The highest BCUT2D eigenvalue weighted by atomic mass is 32.2. The summed E-state index contributed by atoms with van der Waals surface area (Å²) in [6, 6.07) is 3.90. The number of benzene rings is 1. The van der Waals surface area contributed by atoms with Gasteiger partial charge in [0.1, 0.15) is 11.6 Å². The smallest absolute Gasteiger partial charge is 0.153 e. The number of hydrogen-bond acceptors (Lipinski definition) is 4. The van der Waals surface area contributed by atoms with Crippen molar-refractivity contribution in [3.8, 4) is 5.75 Å². The third-order valence-corrected chi connectivity index (χ3v) is 5.15. The maximum Gasteiger partial charge on any atom is 0.153 e. The lowest BCUT2D eigenvalue weighted by Gasteiger charge is -2.37. The molecule has 19 heavy (non-hydrogen) atoms. The molecule has 0 spiro atoms. The SMILES string of the molecule is COc1cccc(F)c1C1CS(=O)(=O)CC(C)(C)N1. The van der Waals surface area contributed by atoms with Gasteiger partial charge >= 0.3 is 0 Å². The predicted octanol–water partition coefficient (Wildman–Crippen LogP) is 1.67. The van der Waals surface area contributed by atoms with Crippen molar-refractivity contribution in [3.05, 3.63) is 29.6 Å². The Labute approximate surface area is 112 Å². The van der Waals surface area contributed by atoms with Crippen LogP contribution in [0, 0.1) is 5.82 Å². The van der Waals surface area contributed by atoms with Gasteiger partial charge in [-0.05, 0) is 26.0 Å². The van der Waals surface area contributed by atoms with E-state index in [1.165, 1.54) is 13.2 Å². The van der Waals surface area contributed by atoms with E-state index in [0.717, 1.165) is 0 Å². The van der Waals surface area contributed by atoms with Crippen molar-refractivity contribution >= 4 is 9.84 Å². The Hall–Kier alpha value is -1.14. The molecule has 1 saturated heterocycles. The quantitative estimate of drug-likeness (QED) is 0.899. The first-order chi connectivity index (χ1) is 8.74. The number of halogens is 1. The van der Waals surface area contributed by atoms with E-state index in [-0.39, 0.29) is 17.1 Å². The Morgan fingerprint density at radius 2 is 2.11 bits per heavy atom. The van der Waals surface area contributed by atoms with Gasteiger partial charge in [0.25, 0.3) is 0 Å². The van der Waals surface area contributed by atoms with Crippen LogP contribution in [0.1, 0.15) is 25.5 Å². The fourth-order valence-corrected chi connectivity index (χ4v) is 4.67. The molecule has 0 bridgehead atoms. The summed E-state index contributed by atoms with van der Waals surface area (Å²) in [5.41, 5.74) is -0.309. The number of sulfone groups is 1. The van der Waals surface area contributed by atoms with E-state index in [4.69, 9.17) is 4.74 Å². The molecule has 0 radical (unpaired) electrons. The molecule has 0 amide bonds. The molecule has 1 aromatic rings. The van der Waals surface area contributed by atoms with E-state index in [9.17, 15) is 12.8 Å². The first-order valence-corrected chi connectivity index (χ1v) is 7.87. The number of rotatable bonds is 2. The Balaban J connectivity index is 2.47. The second-order valence-electron chi connectivity index (χ2n) is 5.49. The summed E-state index contributed by atoms with van der Waals surface area (Å²) in [4.78, 5) is 0. The van der Waals surface area contributed by atoms with Gasteiger partial charge in [-0.3, -0.25) is 0 Å². The third kappa shape index (κ3) is 3.06. The number of ether oxygens (including phenoxy) is 1. The van der Waals surface area contributed by atoms with Crippen molar-refractivity contribution in [3.63, 3.8) is 0 Å². The largest absolute Gasteiger partial charge is 0.496 e. The molecule has 6 heteroatoms. The summed E-state index contributed by atoms with van der Waals surface area (Å²) in [6.45, 7) is 3.59. The van der Waals surface area contributed by atoms with E-state index in [2.05, 4.69) is 5.32 Å². The normalized spacial score (nSPS) is 24.9. The molecule has 1 aliphatic heterocycles. The molecule has 2 rings (SSSR count). The van der Waals surface area contributed by atoms with E-state index in [1.54, 1.807) is 26.0 Å². The zero-order valence-electron chi connectivity index (χ0n) is 11.2. The fraction of sp³-hybridized carbons (Fsp3) is 0.538. The van der Waals surface area contributed by atoms with Crippen LogP contribution in [0.15, 0.2) is 18.2 Å². The van der Waals surface area contributed by atoms with E-state index < -0.39 is 27.2 Å². The van der Waals surface area contributed by atoms with Crippen LogP contribution in [0.5, 0.6) is 5.75 Å². The van der Waals surface area contributed by atoms with Crippen molar-refractivity contribution in [2.45, 2.75) is 25.4 Å². The summed E-state index contributed by atoms with van der Waals surface area (Å²) in [6.07, 6.45) is 0. The van der Waals surface area contributed by atoms with Crippen LogP contribution in [0.2, 0.25) is 0 Å². The van der Waals surface area contributed by atoms with Crippen LogP contribution in [0.25, 0.3) is 0 Å². The van der Waals surface area contributed by atoms with E-state index in [0.29, 0.717) is 5.75 Å². The lowest BCUT2D eigenvalue weighted by molar-refractivity contribution is 0.339. The molecule has 0 saturated carbocycles. The van der Waals surface area contributed by atoms with Crippen molar-refractivity contribution in [2.75, 3.05) is 18.6 Å². The number of methoxy groups -OCH3 is 1. The highest BCUT2D eigenvalue weighted by Gasteiger charge is 2.38. The Bertz CT molecular complexity index is 584. The van der Waals surface area contributed by atoms with Crippen LogP contribution >= 0.6 is 0 Å². The van der Waals surface area contributed by atoms with Gasteiger partial charge in [-0.15, -0.1) is 0 Å². The summed E-state index contributed by atoms with van der Waals surface area (Å²) in [5, 5.41) is 3.18. The third-order valence-electron chi connectivity index (χ3n) is 3.15. The summed E-state index contributed by atoms with van der Waals surface area (Å²) >= 11 is 0. The minimum absolute atomic E-state index is 0.0489. The zero-order valence-corrected chi connectivity index (χ0v) is 12.1. The van der Waals surface area contributed by atoms with Crippen LogP contribution in [0.4, 0.5) is 4.39 Å². The minimum Gasteiger partial charge on any atom is -0.496 e. The van der Waals surface area contributed by atoms with Gasteiger partial charge in [-0.2, -0.15) is 0 Å². The first-order valence-electron chi connectivity index (χ1n) is 6.05. The van der Waals surface area contributed by atoms with Gasteiger partial charge in [-0.25, -0.2) is 12.8 Å². The van der Waals surface area contributed by atoms with Crippen molar-refractivity contribution in [1.29, 1.82) is 0 Å². The fourth-order valence-electron chi connectivity index (χ4n) is 2.61. The summed E-state index contributed by atoms with van der Waals surface area (Å²) < 4.78 is 43.1. The monoisotopic (exact) mass is 287 g/mol. The maximum absolute atomic E-state index is 14.0. The average molecular weight is 287 g/mol. The van der Waals surface area contributed by atoms with Crippen LogP contribution in [-0.2, 0) is 9.84 Å². The summed E-state index contributed by atoms with van der Waals surface area (Å²) in [5.74, 6) is -0.156. The Morgan fingerprint density at radius 3 is 2.68 bits per heavy atom. The lowest BCUT2D eigenvalue weighted by atomic mass is 10.0. The molecule has 4 nitrogen and oxygen atoms in total. The van der Waals surface area contributed by atoms with Crippen molar-refractivity contribution in [1.82, 2.24) is 5.32 Å². The maximum atomic E-state index is 14.0. The molecule has 1 N–H and O–H groups in total. The molecular weight excluding hydrogens is 269 g/mol. The predicted molar refractivity (Wildman–Crippen MR) is 71.6 cm³/mol.